The fourth-order valence-corrected chi connectivity index (χ4v) is 4.29. The highest BCUT2D eigenvalue weighted by atomic mass is 32.2. The molecule has 1 aromatic carbocycles. The van der Waals surface area contributed by atoms with Crippen molar-refractivity contribution >= 4 is 29.8 Å². The van der Waals surface area contributed by atoms with Crippen LogP contribution in [0.15, 0.2) is 41.6 Å². The molecular weight excluding hydrogens is 428 g/mol. The van der Waals surface area contributed by atoms with Crippen molar-refractivity contribution in [2.24, 2.45) is 5.92 Å². The highest BCUT2D eigenvalue weighted by Crippen LogP contribution is 2.41. The van der Waals surface area contributed by atoms with Crippen molar-refractivity contribution < 1.29 is 33.5 Å². The summed E-state index contributed by atoms with van der Waals surface area (Å²) in [5.74, 6) is -1.82. The molecule has 4 atom stereocenters. The molecule has 2 rings (SSSR count). The summed E-state index contributed by atoms with van der Waals surface area (Å²) in [6.45, 7) is 4.86. The number of amides is 1. The van der Waals surface area contributed by atoms with Gasteiger partial charge in [0.05, 0.1) is 23.0 Å². The van der Waals surface area contributed by atoms with Crippen molar-refractivity contribution in [2.75, 3.05) is 13.4 Å². The van der Waals surface area contributed by atoms with E-state index in [1.165, 1.54) is 42.8 Å². The Morgan fingerprint density at radius 1 is 1.19 bits per heavy atom. The monoisotopic (exact) mass is 452 g/mol. The van der Waals surface area contributed by atoms with Crippen molar-refractivity contribution in [3.8, 4) is 0 Å². The van der Waals surface area contributed by atoms with Gasteiger partial charge in [0, 0.05) is 0 Å². The van der Waals surface area contributed by atoms with E-state index in [9.17, 15) is 24.5 Å². The number of methoxy groups -OCH3 is 1. The van der Waals surface area contributed by atoms with Crippen molar-refractivity contribution in [1.82, 2.24) is 4.90 Å². The lowest BCUT2D eigenvalue weighted by Gasteiger charge is -2.48. The van der Waals surface area contributed by atoms with Crippen molar-refractivity contribution in [3.05, 3.63) is 57.3 Å². The number of esters is 1. The number of thioether (sulfide) groups is 1. The number of hydrogen-bond donors (Lipinski definition) is 0. The first-order chi connectivity index (χ1) is 14.6. The summed E-state index contributed by atoms with van der Waals surface area (Å²) in [5, 5.41) is 10.8. The first kappa shape index (κ1) is 24.2. The van der Waals surface area contributed by atoms with Gasteiger partial charge >= 0.3 is 18.4 Å². The molecule has 0 bridgehead atoms. The number of nitro groups is 1. The summed E-state index contributed by atoms with van der Waals surface area (Å²) in [6.07, 6.45) is -2.19. The molecule has 0 radical (unpaired) electrons. The van der Waals surface area contributed by atoms with Gasteiger partial charge in [-0.15, -0.1) is 11.8 Å². The summed E-state index contributed by atoms with van der Waals surface area (Å²) in [5.41, 5.74) is 0.911. The van der Waals surface area contributed by atoms with Gasteiger partial charge in [-0.3, -0.25) is 19.8 Å². The van der Waals surface area contributed by atoms with Gasteiger partial charge in [-0.1, -0.05) is 18.2 Å². The SMILES string of the molecule is COC(=O)C(=C(C)C)N1C(=O)[C@H](C(C)OC(=O)OC(c2ccccc2)[N+](=O)[O-])[C@H]1SC. The van der Waals surface area contributed by atoms with E-state index in [1.54, 1.807) is 38.3 Å². The topological polar surface area (TPSA) is 125 Å². The largest absolute Gasteiger partial charge is 0.514 e. The van der Waals surface area contributed by atoms with Gasteiger partial charge in [0.2, 0.25) is 5.91 Å². The number of likely N-dealkylation sites (tertiary alicyclic amines) is 1. The molecule has 1 heterocycles. The molecule has 1 aliphatic rings. The fraction of sp³-hybridized carbons (Fsp3) is 0.450. The molecule has 0 saturated carbocycles. The van der Waals surface area contributed by atoms with Crippen LogP contribution in [0.25, 0.3) is 0 Å². The minimum atomic E-state index is -1.73. The summed E-state index contributed by atoms with van der Waals surface area (Å²) in [4.78, 5) is 49.0. The van der Waals surface area contributed by atoms with Crippen LogP contribution < -0.4 is 0 Å². The number of benzene rings is 1. The first-order valence-corrected chi connectivity index (χ1v) is 10.6. The molecule has 168 valence electrons. The molecule has 2 unspecified atom stereocenters. The third kappa shape index (κ3) is 5.16. The van der Waals surface area contributed by atoms with Crippen molar-refractivity contribution in [1.29, 1.82) is 0 Å². The molecule has 0 aliphatic carbocycles. The van der Waals surface area contributed by atoms with Crippen LogP contribution in [-0.4, -0.2) is 52.7 Å². The molecule has 1 amide bonds. The Hall–Kier alpha value is -3.08. The van der Waals surface area contributed by atoms with E-state index >= 15 is 0 Å². The molecule has 11 heteroatoms. The number of ether oxygens (including phenoxy) is 3. The summed E-state index contributed by atoms with van der Waals surface area (Å²) < 4.78 is 14.8. The van der Waals surface area contributed by atoms with Crippen molar-refractivity contribution in [3.63, 3.8) is 0 Å². The van der Waals surface area contributed by atoms with Crippen LogP contribution >= 0.6 is 11.8 Å². The lowest BCUT2D eigenvalue weighted by molar-refractivity contribution is -0.576. The Morgan fingerprint density at radius 2 is 1.81 bits per heavy atom. The van der Waals surface area contributed by atoms with Gasteiger partial charge in [0.1, 0.15) is 17.7 Å². The van der Waals surface area contributed by atoms with Gasteiger partial charge in [-0.25, -0.2) is 9.59 Å². The standard InChI is InChI=1S/C20H24N2O8S/c1-11(2)15(19(24)28-4)21-16(23)14(18(21)31-5)12(3)29-20(25)30-17(22(26)27)13-9-7-6-8-10-13/h6-10,12,14,17-18H,1-5H3/t12?,14-,17?,18+/m0/s1. The number of nitrogens with zero attached hydrogens (tertiary/aromatic N) is 2. The second kappa shape index (κ2) is 10.3. The van der Waals surface area contributed by atoms with Crippen LogP contribution in [0, 0.1) is 16.0 Å². The average Bonchev–Trinajstić information content (AvgIpc) is 2.72. The highest BCUT2D eigenvalue weighted by molar-refractivity contribution is 7.99. The quantitative estimate of drug-likeness (QED) is 0.146. The van der Waals surface area contributed by atoms with E-state index in [0.29, 0.717) is 5.57 Å². The zero-order chi connectivity index (χ0) is 23.3. The number of hydrogen-bond acceptors (Lipinski definition) is 9. The number of β-lactam (4-membered cyclic amide) rings is 1. The number of carbonyl (C=O) groups is 3. The molecule has 1 fully saturated rings. The van der Waals surface area contributed by atoms with E-state index < -0.39 is 46.6 Å². The highest BCUT2D eigenvalue weighted by Gasteiger charge is 2.54. The molecular formula is C20H24N2O8S. The smallest absolute Gasteiger partial charge is 0.464 e. The maximum absolute atomic E-state index is 12.8. The second-order valence-corrected chi connectivity index (χ2v) is 7.89. The molecule has 10 nitrogen and oxygen atoms in total. The van der Waals surface area contributed by atoms with E-state index in [4.69, 9.17) is 14.2 Å². The van der Waals surface area contributed by atoms with E-state index in [-0.39, 0.29) is 11.3 Å². The van der Waals surface area contributed by atoms with Crippen molar-refractivity contribution in [2.45, 2.75) is 38.5 Å². The third-order valence-electron chi connectivity index (χ3n) is 4.69. The molecule has 0 aromatic heterocycles. The number of rotatable bonds is 8. The predicted octanol–water partition coefficient (Wildman–Crippen LogP) is 3.12. The lowest BCUT2D eigenvalue weighted by atomic mass is 9.91. The Balaban J connectivity index is 2.11. The zero-order valence-electron chi connectivity index (χ0n) is 17.8. The molecule has 1 aliphatic heterocycles. The Labute approximate surface area is 183 Å². The Bertz CT molecular complexity index is 884. The van der Waals surface area contributed by atoms with Crippen LogP contribution in [0.2, 0.25) is 0 Å². The van der Waals surface area contributed by atoms with Gasteiger partial charge < -0.3 is 14.2 Å². The summed E-state index contributed by atoms with van der Waals surface area (Å²) >= 11 is 1.30. The second-order valence-electron chi connectivity index (χ2n) is 6.94. The van der Waals surface area contributed by atoms with Gasteiger partial charge in [0.25, 0.3) is 0 Å². The maximum atomic E-state index is 12.8. The van der Waals surface area contributed by atoms with Crippen LogP contribution in [0.1, 0.15) is 32.6 Å². The molecule has 1 aromatic rings. The number of allylic oxidation sites excluding steroid dienone is 1. The molecule has 0 spiro atoms. The first-order valence-electron chi connectivity index (χ1n) is 9.31. The van der Waals surface area contributed by atoms with E-state index in [1.807, 2.05) is 0 Å². The van der Waals surface area contributed by atoms with Crippen LogP contribution in [0.5, 0.6) is 0 Å². The minimum Gasteiger partial charge on any atom is -0.464 e. The zero-order valence-corrected chi connectivity index (χ0v) is 18.6. The van der Waals surface area contributed by atoms with Gasteiger partial charge in [-0.05, 0) is 44.7 Å². The number of carbonyl (C=O) groups excluding carboxylic acids is 3. The summed E-state index contributed by atoms with van der Waals surface area (Å²) in [6, 6.07) is 7.74. The molecule has 0 N–H and O–H groups in total. The van der Waals surface area contributed by atoms with E-state index in [0.717, 1.165) is 0 Å². The lowest BCUT2D eigenvalue weighted by Crippen LogP contribution is -2.63. The molecule has 1 saturated heterocycles. The van der Waals surface area contributed by atoms with Gasteiger partial charge in [-0.2, -0.15) is 0 Å². The normalized spacial score (nSPS) is 19.5. The molecule has 31 heavy (non-hydrogen) atoms. The Morgan fingerprint density at radius 3 is 2.29 bits per heavy atom. The minimum absolute atomic E-state index is 0.135. The maximum Gasteiger partial charge on any atom is 0.514 e. The fourth-order valence-electron chi connectivity index (χ4n) is 3.24. The summed E-state index contributed by atoms with van der Waals surface area (Å²) in [7, 11) is 1.22. The van der Waals surface area contributed by atoms with E-state index in [2.05, 4.69) is 0 Å². The third-order valence-corrected chi connectivity index (χ3v) is 5.68. The van der Waals surface area contributed by atoms with Crippen LogP contribution in [-0.2, 0) is 23.8 Å². The van der Waals surface area contributed by atoms with Crippen LogP contribution in [0.3, 0.4) is 0 Å². The Kier molecular flexibility index (Phi) is 8.03. The van der Waals surface area contributed by atoms with Gasteiger partial charge in [0.15, 0.2) is 0 Å². The predicted molar refractivity (Wildman–Crippen MR) is 111 cm³/mol. The van der Waals surface area contributed by atoms with Crippen LogP contribution in [0.4, 0.5) is 4.79 Å². The average molecular weight is 452 g/mol.